The molecule has 0 radical (unpaired) electrons. The SMILES string of the molecule is CNCc1ccc2c(c1)N(CBr)C(=O)C(C)S2. The van der Waals surface area contributed by atoms with Gasteiger partial charge in [0, 0.05) is 11.4 Å². The quantitative estimate of drug-likeness (QED) is 0.687. The number of amides is 1. The highest BCUT2D eigenvalue weighted by Gasteiger charge is 2.29. The largest absolute Gasteiger partial charge is 0.316 e. The molecular formula is C12H15BrN2OS. The number of carbonyl (C=O) groups is 1. The molecule has 2 rings (SSSR count). The van der Waals surface area contributed by atoms with Crippen molar-refractivity contribution >= 4 is 39.3 Å². The maximum Gasteiger partial charge on any atom is 0.240 e. The average molecular weight is 315 g/mol. The number of fused-ring (bicyclic) bond motifs is 1. The first-order valence-electron chi connectivity index (χ1n) is 5.49. The monoisotopic (exact) mass is 314 g/mol. The van der Waals surface area contributed by atoms with Crippen LogP contribution >= 0.6 is 27.7 Å². The van der Waals surface area contributed by atoms with Crippen LogP contribution in [-0.4, -0.2) is 23.7 Å². The van der Waals surface area contributed by atoms with Crippen LogP contribution in [-0.2, 0) is 11.3 Å². The van der Waals surface area contributed by atoms with Crippen molar-refractivity contribution in [1.29, 1.82) is 0 Å². The minimum Gasteiger partial charge on any atom is -0.316 e. The predicted molar refractivity (Wildman–Crippen MR) is 75.8 cm³/mol. The molecule has 1 N–H and O–H groups in total. The third kappa shape index (κ3) is 2.51. The summed E-state index contributed by atoms with van der Waals surface area (Å²) in [5.41, 5.74) is 2.76. The van der Waals surface area contributed by atoms with Crippen molar-refractivity contribution in [1.82, 2.24) is 5.32 Å². The number of nitrogens with zero attached hydrogens (tertiary/aromatic N) is 1. The fraction of sp³-hybridized carbons (Fsp3) is 0.417. The first kappa shape index (κ1) is 12.9. The maximum absolute atomic E-state index is 12.0. The molecule has 0 spiro atoms. The van der Waals surface area contributed by atoms with E-state index in [1.54, 1.807) is 16.7 Å². The Labute approximate surface area is 114 Å². The Morgan fingerprint density at radius 3 is 2.94 bits per heavy atom. The fourth-order valence-electron chi connectivity index (χ4n) is 1.89. The molecule has 92 valence electrons. The van der Waals surface area contributed by atoms with Gasteiger partial charge in [0.1, 0.15) is 0 Å². The highest BCUT2D eigenvalue weighted by Crippen LogP contribution is 2.39. The minimum atomic E-state index is -0.00444. The van der Waals surface area contributed by atoms with Crippen LogP contribution in [0.5, 0.6) is 0 Å². The van der Waals surface area contributed by atoms with E-state index >= 15 is 0 Å². The Kier molecular flexibility index (Phi) is 4.12. The Balaban J connectivity index is 2.41. The van der Waals surface area contributed by atoms with Crippen molar-refractivity contribution in [2.75, 3.05) is 17.4 Å². The van der Waals surface area contributed by atoms with Crippen LogP contribution in [0.4, 0.5) is 5.69 Å². The molecule has 1 heterocycles. The molecule has 1 aromatic carbocycles. The standard InChI is InChI=1S/C12H15BrN2OS/c1-8-12(16)15(7-13)10-5-9(6-14-2)3-4-11(10)17-8/h3-5,8,14H,6-7H2,1-2H3. The van der Waals surface area contributed by atoms with Gasteiger partial charge in [0.05, 0.1) is 16.4 Å². The Morgan fingerprint density at radius 1 is 1.53 bits per heavy atom. The van der Waals surface area contributed by atoms with Gasteiger partial charge in [-0.15, -0.1) is 11.8 Å². The molecule has 0 aliphatic carbocycles. The van der Waals surface area contributed by atoms with E-state index in [9.17, 15) is 4.79 Å². The normalized spacial score (nSPS) is 19.4. The number of nitrogens with one attached hydrogen (secondary N) is 1. The molecule has 0 bridgehead atoms. The zero-order valence-electron chi connectivity index (χ0n) is 9.87. The van der Waals surface area contributed by atoms with Gasteiger partial charge < -0.3 is 5.32 Å². The fourth-order valence-corrected chi connectivity index (χ4v) is 3.45. The number of benzene rings is 1. The van der Waals surface area contributed by atoms with Crippen LogP contribution in [0.1, 0.15) is 12.5 Å². The van der Waals surface area contributed by atoms with Gasteiger partial charge in [-0.3, -0.25) is 9.69 Å². The van der Waals surface area contributed by atoms with E-state index in [2.05, 4.69) is 39.4 Å². The van der Waals surface area contributed by atoms with Gasteiger partial charge in [-0.05, 0) is 31.7 Å². The number of rotatable bonds is 3. The minimum absolute atomic E-state index is 0.00444. The lowest BCUT2D eigenvalue weighted by molar-refractivity contribution is -0.117. The summed E-state index contributed by atoms with van der Waals surface area (Å²) in [6, 6.07) is 6.30. The molecule has 0 saturated carbocycles. The van der Waals surface area contributed by atoms with Gasteiger partial charge in [0.2, 0.25) is 5.91 Å². The summed E-state index contributed by atoms with van der Waals surface area (Å²) >= 11 is 5.03. The van der Waals surface area contributed by atoms with Gasteiger partial charge in [-0.1, -0.05) is 22.0 Å². The van der Waals surface area contributed by atoms with Crippen LogP contribution in [0, 0.1) is 0 Å². The van der Waals surface area contributed by atoms with E-state index in [-0.39, 0.29) is 11.2 Å². The first-order chi connectivity index (χ1) is 8.17. The Bertz CT molecular complexity index is 439. The van der Waals surface area contributed by atoms with Crippen LogP contribution in [0.25, 0.3) is 0 Å². The first-order valence-corrected chi connectivity index (χ1v) is 7.49. The Morgan fingerprint density at radius 2 is 2.29 bits per heavy atom. The third-order valence-electron chi connectivity index (χ3n) is 2.73. The topological polar surface area (TPSA) is 32.3 Å². The molecule has 17 heavy (non-hydrogen) atoms. The molecule has 1 aromatic rings. The summed E-state index contributed by atoms with van der Waals surface area (Å²) in [6.45, 7) is 2.77. The maximum atomic E-state index is 12.0. The molecule has 5 heteroatoms. The lowest BCUT2D eigenvalue weighted by Gasteiger charge is -2.31. The number of hydrogen-bond acceptors (Lipinski definition) is 3. The van der Waals surface area contributed by atoms with Gasteiger partial charge >= 0.3 is 0 Å². The van der Waals surface area contributed by atoms with Crippen molar-refractivity contribution in [3.05, 3.63) is 23.8 Å². The van der Waals surface area contributed by atoms with E-state index in [4.69, 9.17) is 0 Å². The molecule has 1 aliphatic heterocycles. The number of halogens is 1. The summed E-state index contributed by atoms with van der Waals surface area (Å²) in [7, 11) is 1.92. The lowest BCUT2D eigenvalue weighted by atomic mass is 10.1. The summed E-state index contributed by atoms with van der Waals surface area (Å²) in [4.78, 5) is 15.0. The average Bonchev–Trinajstić information content (AvgIpc) is 2.32. The molecule has 1 atom stereocenters. The van der Waals surface area contributed by atoms with Crippen LogP contribution in [0.3, 0.4) is 0 Å². The van der Waals surface area contributed by atoms with E-state index in [0.717, 1.165) is 12.2 Å². The van der Waals surface area contributed by atoms with E-state index in [1.165, 1.54) is 10.5 Å². The molecule has 0 saturated heterocycles. The second kappa shape index (κ2) is 5.42. The van der Waals surface area contributed by atoms with E-state index in [1.807, 2.05) is 14.0 Å². The number of thioether (sulfide) groups is 1. The van der Waals surface area contributed by atoms with Crippen LogP contribution < -0.4 is 10.2 Å². The lowest BCUT2D eigenvalue weighted by Crippen LogP contribution is -2.38. The van der Waals surface area contributed by atoms with Crippen molar-refractivity contribution < 1.29 is 4.79 Å². The number of alkyl halides is 1. The molecular weight excluding hydrogens is 300 g/mol. The van der Waals surface area contributed by atoms with Gasteiger partial charge in [0.25, 0.3) is 0 Å². The number of carbonyl (C=O) groups excluding carboxylic acids is 1. The second-order valence-corrected chi connectivity index (χ2v) is 5.86. The van der Waals surface area contributed by atoms with Crippen LogP contribution in [0.15, 0.2) is 23.1 Å². The van der Waals surface area contributed by atoms with Crippen molar-refractivity contribution in [2.45, 2.75) is 23.6 Å². The molecule has 0 fully saturated rings. The number of hydrogen-bond donors (Lipinski definition) is 1. The van der Waals surface area contributed by atoms with Crippen molar-refractivity contribution in [3.63, 3.8) is 0 Å². The molecule has 0 aromatic heterocycles. The smallest absolute Gasteiger partial charge is 0.240 e. The highest BCUT2D eigenvalue weighted by atomic mass is 79.9. The summed E-state index contributed by atoms with van der Waals surface area (Å²) in [5, 5.41) is 3.12. The highest BCUT2D eigenvalue weighted by molar-refractivity contribution is 9.09. The molecule has 1 amide bonds. The van der Waals surface area contributed by atoms with Gasteiger partial charge in [0.15, 0.2) is 0 Å². The van der Waals surface area contributed by atoms with Crippen molar-refractivity contribution in [3.8, 4) is 0 Å². The number of anilines is 1. The molecule has 3 nitrogen and oxygen atoms in total. The predicted octanol–water partition coefficient (Wildman–Crippen LogP) is 2.59. The summed E-state index contributed by atoms with van der Waals surface area (Å²) in [6.07, 6.45) is 0. The second-order valence-electron chi connectivity index (χ2n) is 3.98. The van der Waals surface area contributed by atoms with E-state index in [0.29, 0.717) is 5.45 Å². The molecule has 1 unspecified atom stereocenters. The zero-order chi connectivity index (χ0) is 12.4. The third-order valence-corrected chi connectivity index (χ3v) is 4.39. The Hall–Kier alpha value is -0.520. The van der Waals surface area contributed by atoms with E-state index < -0.39 is 0 Å². The van der Waals surface area contributed by atoms with Gasteiger partial charge in [-0.2, -0.15) is 0 Å². The van der Waals surface area contributed by atoms with Crippen LogP contribution in [0.2, 0.25) is 0 Å². The van der Waals surface area contributed by atoms with Crippen molar-refractivity contribution in [2.24, 2.45) is 0 Å². The van der Waals surface area contributed by atoms with Gasteiger partial charge in [-0.25, -0.2) is 0 Å². The summed E-state index contributed by atoms with van der Waals surface area (Å²) < 4.78 is 0. The summed E-state index contributed by atoms with van der Waals surface area (Å²) in [5.74, 6) is 0.168. The zero-order valence-corrected chi connectivity index (χ0v) is 12.3. The molecule has 1 aliphatic rings.